The molecule has 1 fully saturated rings. The molecular formula is C19H24N4O6S. The first-order chi connectivity index (χ1) is 14.3. The fourth-order valence-corrected chi connectivity index (χ4v) is 4.39. The minimum Gasteiger partial charge on any atom is -0.314 e. The number of sulfonamides is 1. The smallest absolute Gasteiger partial charge is 0.294 e. The SMILES string of the molecule is NS(=O)(=O)c1ccc(-c2n[nH]c(C(=O)CCCO[N+](=O)[O-])c2C2CCCCC2)cc1. The standard InChI is InChI=1S/C19H24N4O6S/c20-30(27,28)15-10-8-14(9-11-15)18-17(13-5-2-1-3-6-13)19(22-21-18)16(24)7-4-12-29-23(25)26/h8-11,13H,1-7,12H2,(H,21,22)(H2,20,27,28). The summed E-state index contributed by atoms with van der Waals surface area (Å²) in [6, 6.07) is 6.09. The van der Waals surface area contributed by atoms with Crippen LogP contribution in [0.1, 0.15) is 66.9 Å². The number of aromatic amines is 1. The van der Waals surface area contributed by atoms with Crippen molar-refractivity contribution in [2.45, 2.75) is 55.8 Å². The van der Waals surface area contributed by atoms with Crippen LogP contribution in [0.4, 0.5) is 0 Å². The van der Waals surface area contributed by atoms with Crippen molar-refractivity contribution in [2.24, 2.45) is 5.14 Å². The Hall–Kier alpha value is -2.79. The summed E-state index contributed by atoms with van der Waals surface area (Å²) in [5, 5.41) is 21.8. The first kappa shape index (κ1) is 21.9. The van der Waals surface area contributed by atoms with Crippen LogP contribution in [0.2, 0.25) is 0 Å². The number of primary sulfonamides is 1. The Labute approximate surface area is 174 Å². The minimum atomic E-state index is -3.80. The average Bonchev–Trinajstić information content (AvgIpc) is 3.16. The van der Waals surface area contributed by atoms with Gasteiger partial charge in [-0.05, 0) is 37.3 Å². The Morgan fingerprint density at radius 3 is 2.50 bits per heavy atom. The van der Waals surface area contributed by atoms with Crippen molar-refractivity contribution < 1.29 is 23.1 Å². The zero-order valence-corrected chi connectivity index (χ0v) is 17.2. The number of rotatable bonds is 9. The topological polar surface area (TPSA) is 158 Å². The second-order valence-electron chi connectivity index (χ2n) is 7.35. The van der Waals surface area contributed by atoms with Crippen LogP contribution < -0.4 is 5.14 Å². The molecule has 162 valence electrons. The van der Waals surface area contributed by atoms with E-state index in [0.29, 0.717) is 17.0 Å². The molecule has 0 spiro atoms. The second-order valence-corrected chi connectivity index (χ2v) is 8.91. The Kier molecular flexibility index (Phi) is 6.83. The average molecular weight is 436 g/mol. The molecule has 1 aliphatic carbocycles. The number of carbonyl (C=O) groups is 1. The summed E-state index contributed by atoms with van der Waals surface area (Å²) in [6.45, 7) is -0.145. The number of hydrogen-bond acceptors (Lipinski definition) is 7. The van der Waals surface area contributed by atoms with E-state index in [9.17, 15) is 23.3 Å². The zero-order valence-electron chi connectivity index (χ0n) is 16.4. The minimum absolute atomic E-state index is 0.00286. The number of nitrogens with one attached hydrogen (secondary N) is 1. The van der Waals surface area contributed by atoms with Crippen LogP contribution in [0, 0.1) is 10.1 Å². The van der Waals surface area contributed by atoms with Crippen LogP contribution in [0.5, 0.6) is 0 Å². The third kappa shape index (κ3) is 5.22. The molecular weight excluding hydrogens is 412 g/mol. The van der Waals surface area contributed by atoms with Crippen molar-refractivity contribution in [3.05, 3.63) is 45.6 Å². The number of hydrogen-bond donors (Lipinski definition) is 2. The first-order valence-corrected chi connectivity index (χ1v) is 11.3. The Morgan fingerprint density at radius 2 is 1.90 bits per heavy atom. The van der Waals surface area contributed by atoms with E-state index >= 15 is 0 Å². The molecule has 11 heteroatoms. The molecule has 3 N–H and O–H groups in total. The number of aromatic nitrogens is 2. The van der Waals surface area contributed by atoms with Crippen molar-refractivity contribution in [1.29, 1.82) is 0 Å². The Balaban J connectivity index is 1.90. The van der Waals surface area contributed by atoms with Gasteiger partial charge in [0, 0.05) is 17.5 Å². The molecule has 0 bridgehead atoms. The van der Waals surface area contributed by atoms with E-state index in [-0.39, 0.29) is 36.0 Å². The van der Waals surface area contributed by atoms with Gasteiger partial charge in [-0.3, -0.25) is 9.89 Å². The lowest BCUT2D eigenvalue weighted by Crippen LogP contribution is -2.12. The molecule has 0 amide bonds. The zero-order chi connectivity index (χ0) is 21.7. The fraction of sp³-hybridized carbons (Fsp3) is 0.474. The van der Waals surface area contributed by atoms with Gasteiger partial charge in [0.05, 0.1) is 17.2 Å². The first-order valence-electron chi connectivity index (χ1n) is 9.79. The third-order valence-electron chi connectivity index (χ3n) is 5.30. The number of carbonyl (C=O) groups excluding carboxylic acids is 1. The maximum absolute atomic E-state index is 12.8. The lowest BCUT2D eigenvalue weighted by atomic mass is 9.81. The van der Waals surface area contributed by atoms with E-state index in [4.69, 9.17) is 5.14 Å². The second kappa shape index (κ2) is 9.35. The van der Waals surface area contributed by atoms with Gasteiger partial charge >= 0.3 is 0 Å². The molecule has 0 radical (unpaired) electrons. The lowest BCUT2D eigenvalue weighted by molar-refractivity contribution is -0.757. The lowest BCUT2D eigenvalue weighted by Gasteiger charge is -2.23. The van der Waals surface area contributed by atoms with Gasteiger partial charge in [0.25, 0.3) is 5.09 Å². The van der Waals surface area contributed by atoms with Crippen LogP contribution in [0.15, 0.2) is 29.2 Å². The van der Waals surface area contributed by atoms with Gasteiger partial charge in [-0.1, -0.05) is 31.4 Å². The number of nitrogens with two attached hydrogens (primary N) is 1. The van der Waals surface area contributed by atoms with E-state index in [0.717, 1.165) is 37.7 Å². The highest BCUT2D eigenvalue weighted by molar-refractivity contribution is 7.89. The quantitative estimate of drug-likeness (QED) is 0.264. The van der Waals surface area contributed by atoms with Crippen LogP contribution in [-0.2, 0) is 14.9 Å². The molecule has 2 aromatic rings. The molecule has 1 aliphatic rings. The maximum Gasteiger partial charge on any atom is 0.294 e. The van der Waals surface area contributed by atoms with Crippen molar-refractivity contribution >= 4 is 15.8 Å². The predicted molar refractivity (Wildman–Crippen MR) is 108 cm³/mol. The summed E-state index contributed by atoms with van der Waals surface area (Å²) >= 11 is 0. The van der Waals surface area contributed by atoms with Crippen LogP contribution in [0.3, 0.4) is 0 Å². The molecule has 0 atom stereocenters. The van der Waals surface area contributed by atoms with E-state index in [1.165, 1.54) is 12.1 Å². The van der Waals surface area contributed by atoms with E-state index in [1.54, 1.807) is 12.1 Å². The monoisotopic (exact) mass is 436 g/mol. The molecule has 3 rings (SSSR count). The normalized spacial score (nSPS) is 15.1. The molecule has 30 heavy (non-hydrogen) atoms. The van der Waals surface area contributed by atoms with Gasteiger partial charge < -0.3 is 4.84 Å². The molecule has 1 aromatic heterocycles. The van der Waals surface area contributed by atoms with Gasteiger partial charge in [0.15, 0.2) is 5.78 Å². The Morgan fingerprint density at radius 1 is 1.23 bits per heavy atom. The Bertz CT molecular complexity index is 1010. The van der Waals surface area contributed by atoms with E-state index in [2.05, 4.69) is 15.0 Å². The number of ketones is 1. The number of H-pyrrole nitrogens is 1. The summed E-state index contributed by atoms with van der Waals surface area (Å²) in [7, 11) is -3.80. The van der Waals surface area contributed by atoms with Crippen LogP contribution in [-0.4, -0.2) is 36.1 Å². The molecule has 1 saturated carbocycles. The highest BCUT2D eigenvalue weighted by Gasteiger charge is 2.28. The summed E-state index contributed by atoms with van der Waals surface area (Å²) in [5.74, 6) is -0.0122. The molecule has 0 saturated heterocycles. The molecule has 1 aromatic carbocycles. The maximum atomic E-state index is 12.8. The summed E-state index contributed by atoms with van der Waals surface area (Å²) in [6.07, 6.45) is 5.46. The molecule has 10 nitrogen and oxygen atoms in total. The summed E-state index contributed by atoms with van der Waals surface area (Å²) < 4.78 is 23.0. The van der Waals surface area contributed by atoms with Crippen molar-refractivity contribution in [3.63, 3.8) is 0 Å². The number of Topliss-reactive ketones (excluding diaryl/α,β-unsaturated/α-hetero) is 1. The highest BCUT2D eigenvalue weighted by Crippen LogP contribution is 2.39. The predicted octanol–water partition coefficient (Wildman–Crippen LogP) is 2.94. The third-order valence-corrected chi connectivity index (χ3v) is 6.23. The van der Waals surface area contributed by atoms with Crippen LogP contribution in [0.25, 0.3) is 11.3 Å². The van der Waals surface area contributed by atoms with Gasteiger partial charge in [-0.2, -0.15) is 5.10 Å². The number of nitrogens with zero attached hydrogens (tertiary/aromatic N) is 2. The highest BCUT2D eigenvalue weighted by atomic mass is 32.2. The summed E-state index contributed by atoms with van der Waals surface area (Å²) in [5.41, 5.74) is 2.55. The molecule has 1 heterocycles. The molecule has 0 aliphatic heterocycles. The van der Waals surface area contributed by atoms with Gasteiger partial charge in [-0.25, -0.2) is 13.6 Å². The number of benzene rings is 1. The van der Waals surface area contributed by atoms with Gasteiger partial charge in [0.1, 0.15) is 5.69 Å². The van der Waals surface area contributed by atoms with Crippen molar-refractivity contribution in [3.8, 4) is 11.3 Å². The van der Waals surface area contributed by atoms with Crippen molar-refractivity contribution in [1.82, 2.24) is 10.2 Å². The van der Waals surface area contributed by atoms with Gasteiger partial charge in [0.2, 0.25) is 10.0 Å². The van der Waals surface area contributed by atoms with Crippen molar-refractivity contribution in [2.75, 3.05) is 6.61 Å². The molecule has 0 unspecified atom stereocenters. The van der Waals surface area contributed by atoms with E-state index in [1.807, 2.05) is 0 Å². The van der Waals surface area contributed by atoms with Gasteiger partial charge in [-0.15, -0.1) is 10.1 Å². The summed E-state index contributed by atoms with van der Waals surface area (Å²) in [4.78, 5) is 27.3. The van der Waals surface area contributed by atoms with E-state index < -0.39 is 15.1 Å². The largest absolute Gasteiger partial charge is 0.314 e. The van der Waals surface area contributed by atoms with Crippen LogP contribution >= 0.6 is 0 Å². The fourth-order valence-electron chi connectivity index (χ4n) is 3.87.